The van der Waals surface area contributed by atoms with Crippen LogP contribution in [0.4, 0.5) is 0 Å². The molecule has 1 rings (SSSR count). The van der Waals surface area contributed by atoms with Crippen molar-refractivity contribution in [1.82, 2.24) is 0 Å². The van der Waals surface area contributed by atoms with Gasteiger partial charge in [0.1, 0.15) is 5.76 Å². The summed E-state index contributed by atoms with van der Waals surface area (Å²) in [5.41, 5.74) is 0. The zero-order chi connectivity index (χ0) is 8.27. The highest BCUT2D eigenvalue weighted by molar-refractivity contribution is 9.28. The normalized spacial score (nSPS) is 9.27. The smallest absolute Gasteiger partial charge is 0.185 e. The Labute approximate surface area is 80.5 Å². The SMILES string of the molecule is O=Cc1ccc(C=C(Br)Br)o1. The molecule has 0 amide bonds. The molecule has 0 spiro atoms. The molecule has 0 saturated carbocycles. The van der Waals surface area contributed by atoms with Crippen molar-refractivity contribution >= 4 is 44.2 Å². The fourth-order valence-corrected chi connectivity index (χ4v) is 1.07. The molecular weight excluding hydrogens is 276 g/mol. The third-order valence-corrected chi connectivity index (χ3v) is 1.47. The average Bonchev–Trinajstić information content (AvgIpc) is 2.34. The Bertz CT molecular complexity index is 284. The number of hydrogen-bond acceptors (Lipinski definition) is 2. The van der Waals surface area contributed by atoms with E-state index in [1.54, 1.807) is 18.2 Å². The van der Waals surface area contributed by atoms with Gasteiger partial charge in [-0.05, 0) is 44.0 Å². The van der Waals surface area contributed by atoms with Crippen molar-refractivity contribution in [2.24, 2.45) is 0 Å². The number of rotatable bonds is 2. The minimum absolute atomic E-state index is 0.331. The maximum Gasteiger partial charge on any atom is 0.185 e. The van der Waals surface area contributed by atoms with Crippen LogP contribution in [0.15, 0.2) is 19.9 Å². The van der Waals surface area contributed by atoms with E-state index in [-0.39, 0.29) is 0 Å². The van der Waals surface area contributed by atoms with Gasteiger partial charge in [0.05, 0.1) is 3.39 Å². The van der Waals surface area contributed by atoms with Crippen LogP contribution in [-0.2, 0) is 0 Å². The van der Waals surface area contributed by atoms with Gasteiger partial charge in [0, 0.05) is 6.08 Å². The van der Waals surface area contributed by atoms with Crippen LogP contribution in [0, 0.1) is 0 Å². The minimum atomic E-state index is 0.331. The van der Waals surface area contributed by atoms with Gasteiger partial charge in [-0.3, -0.25) is 4.79 Å². The quantitative estimate of drug-likeness (QED) is 0.779. The van der Waals surface area contributed by atoms with Crippen molar-refractivity contribution in [3.8, 4) is 0 Å². The highest BCUT2D eigenvalue weighted by atomic mass is 79.9. The second-order valence-corrected chi connectivity index (χ2v) is 4.56. The first-order valence-corrected chi connectivity index (χ1v) is 4.38. The Morgan fingerprint density at radius 1 is 1.36 bits per heavy atom. The topological polar surface area (TPSA) is 30.2 Å². The van der Waals surface area contributed by atoms with Gasteiger partial charge in [-0.25, -0.2) is 0 Å². The molecule has 11 heavy (non-hydrogen) atoms. The molecule has 0 aliphatic carbocycles. The molecule has 0 saturated heterocycles. The molecule has 4 heteroatoms. The van der Waals surface area contributed by atoms with E-state index in [0.717, 1.165) is 3.39 Å². The van der Waals surface area contributed by atoms with Crippen molar-refractivity contribution < 1.29 is 9.21 Å². The van der Waals surface area contributed by atoms with E-state index < -0.39 is 0 Å². The molecular formula is C7H4Br2O2. The van der Waals surface area contributed by atoms with Crippen LogP contribution in [0.5, 0.6) is 0 Å². The molecule has 0 aliphatic rings. The molecule has 0 bridgehead atoms. The Hall–Kier alpha value is -0.350. The Morgan fingerprint density at radius 3 is 2.45 bits per heavy atom. The van der Waals surface area contributed by atoms with Crippen LogP contribution in [0.25, 0.3) is 6.08 Å². The molecule has 0 unspecified atom stereocenters. The summed E-state index contributed by atoms with van der Waals surface area (Å²) in [6, 6.07) is 3.33. The average molecular weight is 280 g/mol. The van der Waals surface area contributed by atoms with Gasteiger partial charge in [0.15, 0.2) is 12.0 Å². The van der Waals surface area contributed by atoms with Crippen LogP contribution in [0.3, 0.4) is 0 Å². The summed E-state index contributed by atoms with van der Waals surface area (Å²) in [6.45, 7) is 0. The van der Waals surface area contributed by atoms with Crippen LogP contribution < -0.4 is 0 Å². The summed E-state index contributed by atoms with van der Waals surface area (Å²) in [4.78, 5) is 10.2. The summed E-state index contributed by atoms with van der Waals surface area (Å²) in [6.07, 6.45) is 2.38. The maximum atomic E-state index is 10.2. The van der Waals surface area contributed by atoms with E-state index in [9.17, 15) is 4.79 Å². The molecule has 1 aromatic heterocycles. The standard InChI is InChI=1S/C7H4Br2O2/c8-7(9)3-5-1-2-6(4-10)11-5/h1-4H. The molecule has 1 aromatic rings. The maximum absolute atomic E-state index is 10.2. The number of carbonyl (C=O) groups is 1. The van der Waals surface area contributed by atoms with Crippen LogP contribution >= 0.6 is 31.9 Å². The van der Waals surface area contributed by atoms with Crippen molar-refractivity contribution in [2.45, 2.75) is 0 Å². The summed E-state index contributed by atoms with van der Waals surface area (Å²) < 4.78 is 5.81. The van der Waals surface area contributed by atoms with E-state index in [4.69, 9.17) is 4.42 Å². The van der Waals surface area contributed by atoms with Crippen molar-refractivity contribution in [2.75, 3.05) is 0 Å². The number of carbonyl (C=O) groups excluding carboxylic acids is 1. The van der Waals surface area contributed by atoms with Gasteiger partial charge in [-0.2, -0.15) is 0 Å². The predicted octanol–water partition coefficient (Wildman–Crippen LogP) is 3.18. The highest BCUT2D eigenvalue weighted by Gasteiger charge is 1.96. The summed E-state index contributed by atoms with van der Waals surface area (Å²) >= 11 is 6.34. The molecule has 0 N–H and O–H groups in total. The van der Waals surface area contributed by atoms with Crippen LogP contribution in [0.2, 0.25) is 0 Å². The van der Waals surface area contributed by atoms with Gasteiger partial charge in [0.25, 0.3) is 0 Å². The Kier molecular flexibility index (Phi) is 3.08. The number of hydrogen-bond donors (Lipinski definition) is 0. The van der Waals surface area contributed by atoms with Gasteiger partial charge < -0.3 is 4.42 Å². The number of furan rings is 1. The fraction of sp³-hybridized carbons (Fsp3) is 0. The second kappa shape index (κ2) is 3.88. The van der Waals surface area contributed by atoms with Crippen molar-refractivity contribution in [3.63, 3.8) is 0 Å². The van der Waals surface area contributed by atoms with Gasteiger partial charge in [-0.1, -0.05) is 0 Å². The van der Waals surface area contributed by atoms with E-state index in [1.165, 1.54) is 0 Å². The van der Waals surface area contributed by atoms with E-state index in [2.05, 4.69) is 31.9 Å². The molecule has 0 fully saturated rings. The number of aldehydes is 1. The Balaban J connectivity index is 2.89. The largest absolute Gasteiger partial charge is 0.454 e. The lowest BCUT2D eigenvalue weighted by molar-refractivity contribution is 0.110. The third-order valence-electron chi connectivity index (χ3n) is 1.02. The molecule has 0 aromatic carbocycles. The van der Waals surface area contributed by atoms with Gasteiger partial charge >= 0.3 is 0 Å². The first kappa shape index (κ1) is 8.74. The monoisotopic (exact) mass is 278 g/mol. The highest BCUT2D eigenvalue weighted by Crippen LogP contribution is 2.18. The molecule has 2 nitrogen and oxygen atoms in total. The van der Waals surface area contributed by atoms with Crippen molar-refractivity contribution in [1.29, 1.82) is 0 Å². The predicted molar refractivity (Wildman–Crippen MR) is 49.9 cm³/mol. The summed E-state index contributed by atoms with van der Waals surface area (Å²) in [7, 11) is 0. The Morgan fingerprint density at radius 2 is 2.00 bits per heavy atom. The van der Waals surface area contributed by atoms with Crippen molar-refractivity contribution in [3.05, 3.63) is 27.0 Å². The lowest BCUT2D eigenvalue weighted by atomic mass is 10.4. The zero-order valence-electron chi connectivity index (χ0n) is 5.38. The van der Waals surface area contributed by atoms with Gasteiger partial charge in [0.2, 0.25) is 0 Å². The zero-order valence-corrected chi connectivity index (χ0v) is 8.55. The summed E-state index contributed by atoms with van der Waals surface area (Å²) in [5.74, 6) is 0.966. The van der Waals surface area contributed by atoms with Gasteiger partial charge in [-0.15, -0.1) is 0 Å². The van der Waals surface area contributed by atoms with E-state index in [0.29, 0.717) is 17.8 Å². The number of halogens is 2. The lowest BCUT2D eigenvalue weighted by Gasteiger charge is -1.83. The molecule has 0 atom stereocenters. The first-order chi connectivity index (χ1) is 5.22. The fourth-order valence-electron chi connectivity index (χ4n) is 0.617. The minimum Gasteiger partial charge on any atom is -0.454 e. The molecule has 1 heterocycles. The first-order valence-electron chi connectivity index (χ1n) is 2.80. The summed E-state index contributed by atoms with van der Waals surface area (Å²) in [5, 5.41) is 0. The molecule has 58 valence electrons. The van der Waals surface area contributed by atoms with Crippen LogP contribution in [0.1, 0.15) is 16.3 Å². The van der Waals surface area contributed by atoms with E-state index in [1.807, 2.05) is 0 Å². The lowest BCUT2D eigenvalue weighted by Crippen LogP contribution is -1.67. The third kappa shape index (κ3) is 2.63. The molecule has 0 radical (unpaired) electrons. The van der Waals surface area contributed by atoms with Crippen LogP contribution in [-0.4, -0.2) is 6.29 Å². The molecule has 0 aliphatic heterocycles. The second-order valence-electron chi connectivity index (χ2n) is 1.79. The van der Waals surface area contributed by atoms with E-state index >= 15 is 0 Å².